The third kappa shape index (κ3) is 3.21. The largest absolute Gasteiger partial charge is 0.508 e. The van der Waals surface area contributed by atoms with E-state index in [9.17, 15) is 5.11 Å². The van der Waals surface area contributed by atoms with Crippen molar-refractivity contribution in [2.45, 2.75) is 32.1 Å². The van der Waals surface area contributed by atoms with E-state index in [0.29, 0.717) is 5.75 Å². The fraction of sp³-hybridized carbons (Fsp3) is 0.368. The predicted molar refractivity (Wildman–Crippen MR) is 84.9 cm³/mol. The summed E-state index contributed by atoms with van der Waals surface area (Å²) in [4.78, 5) is 0. The van der Waals surface area contributed by atoms with E-state index in [2.05, 4.69) is 38.1 Å². The molecular weight excluding hydrogens is 260 g/mol. The summed E-state index contributed by atoms with van der Waals surface area (Å²) in [7, 11) is 0. The number of phenolic OH excluding ortho intramolecular Hbond substituents is 1. The number of phenols is 1. The summed E-state index contributed by atoms with van der Waals surface area (Å²) in [6, 6.07) is 15.8. The van der Waals surface area contributed by atoms with Gasteiger partial charge >= 0.3 is 0 Å². The molecule has 0 spiro atoms. The van der Waals surface area contributed by atoms with Crippen molar-refractivity contribution in [1.82, 2.24) is 0 Å². The summed E-state index contributed by atoms with van der Waals surface area (Å²) in [5.41, 5.74) is 2.34. The van der Waals surface area contributed by atoms with Crippen molar-refractivity contribution in [2.75, 3.05) is 6.61 Å². The van der Waals surface area contributed by atoms with Crippen LogP contribution in [0.1, 0.15) is 37.8 Å². The van der Waals surface area contributed by atoms with E-state index in [1.807, 2.05) is 12.1 Å². The second-order valence-corrected chi connectivity index (χ2v) is 6.45. The molecule has 0 aliphatic heterocycles. The standard InChI is InChI=1S/C19H22O2/c1-19(2,15-5-9-17(20)10-6-15)16-7-11-18(12-8-16)21-13-14-3-4-14/h5-12,14,20H,3-4,13H2,1-2H3. The minimum absolute atomic E-state index is 0.0945. The zero-order chi connectivity index (χ0) is 14.9. The van der Waals surface area contributed by atoms with E-state index in [0.717, 1.165) is 18.3 Å². The van der Waals surface area contributed by atoms with Crippen molar-refractivity contribution < 1.29 is 9.84 Å². The average molecular weight is 282 g/mol. The van der Waals surface area contributed by atoms with Crippen LogP contribution in [0.3, 0.4) is 0 Å². The van der Waals surface area contributed by atoms with Crippen LogP contribution in [0.25, 0.3) is 0 Å². The quantitative estimate of drug-likeness (QED) is 0.874. The van der Waals surface area contributed by atoms with Gasteiger partial charge in [0.15, 0.2) is 0 Å². The first-order chi connectivity index (χ1) is 10.1. The van der Waals surface area contributed by atoms with Crippen LogP contribution in [0.15, 0.2) is 48.5 Å². The number of benzene rings is 2. The van der Waals surface area contributed by atoms with Gasteiger partial charge < -0.3 is 9.84 Å². The Kier molecular flexibility index (Phi) is 3.62. The van der Waals surface area contributed by atoms with E-state index < -0.39 is 0 Å². The molecule has 0 amide bonds. The zero-order valence-electron chi connectivity index (χ0n) is 12.7. The monoisotopic (exact) mass is 282 g/mol. The van der Waals surface area contributed by atoms with Gasteiger partial charge in [0, 0.05) is 5.41 Å². The highest BCUT2D eigenvalue weighted by atomic mass is 16.5. The molecule has 0 unspecified atom stereocenters. The Hall–Kier alpha value is -1.96. The molecule has 21 heavy (non-hydrogen) atoms. The second-order valence-electron chi connectivity index (χ2n) is 6.45. The van der Waals surface area contributed by atoms with E-state index in [4.69, 9.17) is 4.74 Å². The number of hydrogen-bond acceptors (Lipinski definition) is 2. The first-order valence-corrected chi connectivity index (χ1v) is 7.58. The first kappa shape index (κ1) is 14.0. The van der Waals surface area contributed by atoms with Crippen molar-refractivity contribution >= 4 is 0 Å². The molecule has 1 fully saturated rings. The van der Waals surface area contributed by atoms with Crippen LogP contribution in [0.5, 0.6) is 11.5 Å². The smallest absolute Gasteiger partial charge is 0.119 e. The summed E-state index contributed by atoms with van der Waals surface area (Å²) >= 11 is 0. The topological polar surface area (TPSA) is 29.5 Å². The molecule has 1 N–H and O–H groups in total. The Morgan fingerprint density at radius 3 is 2.00 bits per heavy atom. The molecule has 0 heterocycles. The fourth-order valence-electron chi connectivity index (χ4n) is 2.51. The van der Waals surface area contributed by atoms with Crippen LogP contribution in [0.2, 0.25) is 0 Å². The lowest BCUT2D eigenvalue weighted by molar-refractivity contribution is 0.299. The minimum Gasteiger partial charge on any atom is -0.508 e. The van der Waals surface area contributed by atoms with E-state index >= 15 is 0 Å². The van der Waals surface area contributed by atoms with Crippen molar-refractivity contribution in [3.8, 4) is 11.5 Å². The van der Waals surface area contributed by atoms with Crippen molar-refractivity contribution in [3.05, 3.63) is 59.7 Å². The second kappa shape index (κ2) is 5.44. The van der Waals surface area contributed by atoms with Crippen LogP contribution < -0.4 is 4.74 Å². The number of rotatable bonds is 5. The Morgan fingerprint density at radius 2 is 1.48 bits per heavy atom. The van der Waals surface area contributed by atoms with Crippen molar-refractivity contribution in [2.24, 2.45) is 5.92 Å². The highest BCUT2D eigenvalue weighted by Crippen LogP contribution is 2.34. The summed E-state index contributed by atoms with van der Waals surface area (Å²) in [6.45, 7) is 5.24. The summed E-state index contributed by atoms with van der Waals surface area (Å²) in [5, 5.41) is 9.42. The van der Waals surface area contributed by atoms with Crippen molar-refractivity contribution in [3.63, 3.8) is 0 Å². The third-order valence-corrected chi connectivity index (χ3v) is 4.35. The van der Waals surface area contributed by atoms with E-state index in [-0.39, 0.29) is 5.41 Å². The van der Waals surface area contributed by atoms with Gasteiger partial charge in [0.25, 0.3) is 0 Å². The molecule has 2 aromatic carbocycles. The molecule has 1 saturated carbocycles. The SMILES string of the molecule is CC(C)(c1ccc(O)cc1)c1ccc(OCC2CC2)cc1. The molecule has 0 atom stereocenters. The highest BCUT2D eigenvalue weighted by molar-refractivity contribution is 5.41. The molecule has 1 aliphatic rings. The van der Waals surface area contributed by atoms with Gasteiger partial charge in [0.2, 0.25) is 0 Å². The highest BCUT2D eigenvalue weighted by Gasteiger charge is 2.24. The lowest BCUT2D eigenvalue weighted by Gasteiger charge is -2.26. The van der Waals surface area contributed by atoms with Crippen LogP contribution >= 0.6 is 0 Å². The first-order valence-electron chi connectivity index (χ1n) is 7.58. The third-order valence-electron chi connectivity index (χ3n) is 4.35. The fourth-order valence-corrected chi connectivity index (χ4v) is 2.51. The Morgan fingerprint density at radius 1 is 0.952 bits per heavy atom. The molecule has 0 saturated heterocycles. The molecule has 0 aromatic heterocycles. The Bertz CT molecular complexity index is 592. The summed E-state index contributed by atoms with van der Waals surface area (Å²) in [5.74, 6) is 2.03. The molecule has 3 rings (SSSR count). The molecule has 2 heteroatoms. The molecule has 0 radical (unpaired) electrons. The van der Waals surface area contributed by atoms with Gasteiger partial charge in [-0.15, -0.1) is 0 Å². The molecule has 1 aliphatic carbocycles. The Balaban J connectivity index is 1.76. The molecule has 2 nitrogen and oxygen atoms in total. The molecule has 2 aromatic rings. The number of hydrogen-bond donors (Lipinski definition) is 1. The van der Waals surface area contributed by atoms with Gasteiger partial charge in [0.05, 0.1) is 6.61 Å². The zero-order valence-corrected chi connectivity index (χ0v) is 12.7. The average Bonchev–Trinajstić information content (AvgIpc) is 3.30. The van der Waals surface area contributed by atoms with Gasteiger partial charge in [-0.25, -0.2) is 0 Å². The Labute approximate surface area is 126 Å². The maximum Gasteiger partial charge on any atom is 0.119 e. The lowest BCUT2D eigenvalue weighted by Crippen LogP contribution is -2.18. The normalized spacial score (nSPS) is 15.0. The van der Waals surface area contributed by atoms with Gasteiger partial charge in [-0.05, 0) is 54.2 Å². The summed E-state index contributed by atoms with van der Waals surface area (Å²) in [6.07, 6.45) is 2.62. The molecule has 110 valence electrons. The number of aromatic hydroxyl groups is 1. The van der Waals surface area contributed by atoms with E-state index in [1.54, 1.807) is 12.1 Å². The number of ether oxygens (including phenoxy) is 1. The van der Waals surface area contributed by atoms with Crippen LogP contribution in [0.4, 0.5) is 0 Å². The summed E-state index contributed by atoms with van der Waals surface area (Å²) < 4.78 is 5.79. The maximum atomic E-state index is 9.42. The van der Waals surface area contributed by atoms with Gasteiger partial charge in [0.1, 0.15) is 11.5 Å². The maximum absolute atomic E-state index is 9.42. The van der Waals surface area contributed by atoms with Crippen molar-refractivity contribution in [1.29, 1.82) is 0 Å². The van der Waals surface area contributed by atoms with Gasteiger partial charge in [-0.1, -0.05) is 38.1 Å². The van der Waals surface area contributed by atoms with E-state index in [1.165, 1.54) is 24.0 Å². The molecular formula is C19H22O2. The molecule has 0 bridgehead atoms. The lowest BCUT2D eigenvalue weighted by atomic mass is 9.78. The van der Waals surface area contributed by atoms with Gasteiger partial charge in [-0.2, -0.15) is 0 Å². The van der Waals surface area contributed by atoms with Crippen LogP contribution in [0, 0.1) is 5.92 Å². The minimum atomic E-state index is -0.0945. The predicted octanol–water partition coefficient (Wildman–Crippen LogP) is 4.51. The van der Waals surface area contributed by atoms with Gasteiger partial charge in [-0.3, -0.25) is 0 Å². The van der Waals surface area contributed by atoms with Crippen LogP contribution in [-0.2, 0) is 5.41 Å². The van der Waals surface area contributed by atoms with Crippen LogP contribution in [-0.4, -0.2) is 11.7 Å².